The summed E-state index contributed by atoms with van der Waals surface area (Å²) in [6.45, 7) is 6.94. The second-order valence-electron chi connectivity index (χ2n) is 9.11. The maximum atomic E-state index is 11.7. The molecular weight excluding hydrogens is 490 g/mol. The molecular formula is C28H24ClN5O3. The number of H-pyrrole nitrogens is 1. The van der Waals surface area contributed by atoms with Crippen molar-refractivity contribution in [1.82, 2.24) is 24.7 Å². The van der Waals surface area contributed by atoms with Gasteiger partial charge in [-0.3, -0.25) is 9.51 Å². The summed E-state index contributed by atoms with van der Waals surface area (Å²) in [5.41, 5.74) is 8.15. The van der Waals surface area contributed by atoms with Gasteiger partial charge in [-0.1, -0.05) is 54.0 Å². The first-order valence-electron chi connectivity index (χ1n) is 12.1. The summed E-state index contributed by atoms with van der Waals surface area (Å²) >= 11 is 6.49. The van der Waals surface area contributed by atoms with Gasteiger partial charge in [0.1, 0.15) is 23.7 Å². The summed E-state index contributed by atoms with van der Waals surface area (Å²) in [5, 5.41) is 4.54. The van der Waals surface area contributed by atoms with E-state index in [1.807, 2.05) is 44.2 Å². The van der Waals surface area contributed by atoms with Crippen molar-refractivity contribution in [2.24, 2.45) is 0 Å². The second kappa shape index (κ2) is 9.05. The van der Waals surface area contributed by atoms with Crippen molar-refractivity contribution in [3.05, 3.63) is 104 Å². The summed E-state index contributed by atoms with van der Waals surface area (Å²) in [5.74, 6) is 1.50. The molecule has 0 unspecified atom stereocenters. The van der Waals surface area contributed by atoms with Crippen LogP contribution in [0.2, 0.25) is 5.02 Å². The number of para-hydroxylation sites is 1. The highest BCUT2D eigenvalue weighted by atomic mass is 35.5. The lowest BCUT2D eigenvalue weighted by Gasteiger charge is -2.15. The third-order valence-electron chi connectivity index (χ3n) is 6.67. The predicted molar refractivity (Wildman–Crippen MR) is 142 cm³/mol. The van der Waals surface area contributed by atoms with Gasteiger partial charge in [0.15, 0.2) is 11.5 Å². The van der Waals surface area contributed by atoms with Crippen molar-refractivity contribution < 1.29 is 9.26 Å². The van der Waals surface area contributed by atoms with Crippen molar-refractivity contribution in [3.8, 4) is 5.75 Å². The third kappa shape index (κ3) is 4.03. The van der Waals surface area contributed by atoms with Crippen LogP contribution in [0, 0.1) is 6.92 Å². The molecule has 0 atom stereocenters. The molecule has 37 heavy (non-hydrogen) atoms. The van der Waals surface area contributed by atoms with Crippen molar-refractivity contribution in [2.75, 3.05) is 0 Å². The fourth-order valence-electron chi connectivity index (χ4n) is 4.96. The van der Waals surface area contributed by atoms with Gasteiger partial charge in [-0.05, 0) is 54.3 Å². The molecule has 9 heteroatoms. The number of benzene rings is 2. The van der Waals surface area contributed by atoms with Gasteiger partial charge >= 0.3 is 5.76 Å². The average molecular weight is 514 g/mol. The number of fused-ring (bicyclic) bond motifs is 3. The number of hydrogen-bond donors (Lipinski definition) is 1. The highest BCUT2D eigenvalue weighted by molar-refractivity contribution is 6.34. The van der Waals surface area contributed by atoms with Gasteiger partial charge in [-0.25, -0.2) is 14.8 Å². The van der Waals surface area contributed by atoms with Gasteiger partial charge in [0.2, 0.25) is 0 Å². The molecule has 0 saturated heterocycles. The lowest BCUT2D eigenvalue weighted by molar-refractivity contribution is 0.307. The van der Waals surface area contributed by atoms with Gasteiger partial charge in [0, 0.05) is 23.3 Å². The molecule has 1 aliphatic rings. The smallest absolute Gasteiger partial charge is 0.439 e. The zero-order valence-corrected chi connectivity index (χ0v) is 21.4. The van der Waals surface area contributed by atoms with E-state index in [-0.39, 0.29) is 0 Å². The van der Waals surface area contributed by atoms with E-state index in [0.717, 1.165) is 68.3 Å². The number of nitrogens with one attached hydrogen (secondary N) is 1. The number of aromatic amines is 1. The first-order chi connectivity index (χ1) is 17.9. The zero-order chi connectivity index (χ0) is 25.7. The number of nitrogens with zero attached hydrogens (tertiary/aromatic N) is 4. The van der Waals surface area contributed by atoms with Crippen LogP contribution in [-0.2, 0) is 19.6 Å². The van der Waals surface area contributed by atoms with Crippen LogP contribution in [0.5, 0.6) is 5.75 Å². The SMILES string of the molecule is CCc1nc2c(Cl)cc(C)nc2n1Cc1ccc2c(c1)COc1ccccc1C2=C(C)c1noc(=O)[nH]1. The number of aryl methyl sites for hydroxylation is 2. The molecule has 0 amide bonds. The molecule has 3 aromatic heterocycles. The summed E-state index contributed by atoms with van der Waals surface area (Å²) in [4.78, 5) is 23.8. The van der Waals surface area contributed by atoms with E-state index in [1.54, 1.807) is 0 Å². The third-order valence-corrected chi connectivity index (χ3v) is 6.96. The molecule has 4 heterocycles. The van der Waals surface area contributed by atoms with Crippen molar-refractivity contribution in [3.63, 3.8) is 0 Å². The molecule has 1 N–H and O–H groups in total. The molecule has 0 aliphatic carbocycles. The number of rotatable bonds is 4. The quantitative estimate of drug-likeness (QED) is 0.338. The van der Waals surface area contributed by atoms with Gasteiger partial charge < -0.3 is 9.30 Å². The summed E-state index contributed by atoms with van der Waals surface area (Å²) < 4.78 is 13.1. The highest BCUT2D eigenvalue weighted by Crippen LogP contribution is 2.40. The number of aromatic nitrogens is 5. The first kappa shape index (κ1) is 23.2. The van der Waals surface area contributed by atoms with E-state index in [4.69, 9.17) is 30.8 Å². The molecule has 0 bridgehead atoms. The number of allylic oxidation sites excluding steroid dienone is 1. The molecule has 0 radical (unpaired) electrons. The lowest BCUT2D eigenvalue weighted by Crippen LogP contribution is -2.07. The fraction of sp³-hybridized carbons (Fsp3) is 0.214. The highest BCUT2D eigenvalue weighted by Gasteiger charge is 2.23. The second-order valence-corrected chi connectivity index (χ2v) is 9.51. The molecule has 5 aromatic rings. The Morgan fingerprint density at radius 2 is 1.97 bits per heavy atom. The van der Waals surface area contributed by atoms with Gasteiger partial charge in [-0.15, -0.1) is 0 Å². The van der Waals surface area contributed by atoms with E-state index in [1.165, 1.54) is 0 Å². The lowest BCUT2D eigenvalue weighted by atomic mass is 9.89. The van der Waals surface area contributed by atoms with Crippen molar-refractivity contribution >= 4 is 33.9 Å². The Kier molecular flexibility index (Phi) is 5.68. The Balaban J connectivity index is 1.49. The van der Waals surface area contributed by atoms with E-state index in [0.29, 0.717) is 24.0 Å². The number of ether oxygens (including phenoxy) is 1. The van der Waals surface area contributed by atoms with Crippen LogP contribution < -0.4 is 10.5 Å². The topological polar surface area (TPSA) is 98.8 Å². The van der Waals surface area contributed by atoms with Crippen LogP contribution in [0.3, 0.4) is 0 Å². The maximum absolute atomic E-state index is 11.7. The Hall–Kier alpha value is -4.17. The molecule has 0 saturated carbocycles. The largest absolute Gasteiger partial charge is 0.488 e. The number of halogens is 1. The monoisotopic (exact) mass is 513 g/mol. The van der Waals surface area contributed by atoms with Crippen molar-refractivity contribution in [1.29, 1.82) is 0 Å². The van der Waals surface area contributed by atoms with Crippen LogP contribution >= 0.6 is 11.6 Å². The van der Waals surface area contributed by atoms with Crippen LogP contribution in [0.1, 0.15) is 53.4 Å². The first-order valence-corrected chi connectivity index (χ1v) is 12.4. The van der Waals surface area contributed by atoms with Gasteiger partial charge in [-0.2, -0.15) is 0 Å². The summed E-state index contributed by atoms with van der Waals surface area (Å²) in [6.07, 6.45) is 0.761. The van der Waals surface area contributed by atoms with Crippen LogP contribution in [0.25, 0.3) is 22.3 Å². The van der Waals surface area contributed by atoms with Crippen LogP contribution in [-0.4, -0.2) is 24.7 Å². The van der Waals surface area contributed by atoms with E-state index in [2.05, 4.69) is 39.8 Å². The fourth-order valence-corrected chi connectivity index (χ4v) is 5.24. The van der Waals surface area contributed by atoms with Crippen LogP contribution in [0.15, 0.2) is 57.8 Å². The molecule has 2 aromatic carbocycles. The van der Waals surface area contributed by atoms with Gasteiger partial charge in [0.25, 0.3) is 0 Å². The minimum atomic E-state index is -0.591. The Morgan fingerprint density at radius 3 is 2.76 bits per heavy atom. The van der Waals surface area contributed by atoms with E-state index >= 15 is 0 Å². The average Bonchev–Trinajstić information content (AvgIpc) is 3.43. The maximum Gasteiger partial charge on any atom is 0.439 e. The molecule has 186 valence electrons. The molecule has 0 fully saturated rings. The molecule has 0 spiro atoms. The standard InChI is InChI=1S/C28H24ClN5O3/c1-4-23-31-25-21(29)11-15(2)30-27(25)34(23)13-17-9-10-19-18(12-17)14-36-22-8-6-5-7-20(22)24(19)16(3)26-32-28(35)37-33-26/h5-12H,4,13-14H2,1-3H3,(H,32,33,35). The summed E-state index contributed by atoms with van der Waals surface area (Å²) in [7, 11) is 0. The Bertz CT molecular complexity index is 1760. The number of imidazole rings is 1. The number of hydrogen-bond acceptors (Lipinski definition) is 6. The molecule has 6 rings (SSSR count). The summed E-state index contributed by atoms with van der Waals surface area (Å²) in [6, 6.07) is 16.1. The molecule has 8 nitrogen and oxygen atoms in total. The molecule has 1 aliphatic heterocycles. The Morgan fingerprint density at radius 1 is 1.14 bits per heavy atom. The van der Waals surface area contributed by atoms with Crippen molar-refractivity contribution in [2.45, 2.75) is 40.3 Å². The van der Waals surface area contributed by atoms with E-state index in [9.17, 15) is 4.79 Å². The predicted octanol–water partition coefficient (Wildman–Crippen LogP) is 5.55. The van der Waals surface area contributed by atoms with E-state index < -0.39 is 5.76 Å². The zero-order valence-electron chi connectivity index (χ0n) is 20.6. The van der Waals surface area contributed by atoms with Crippen LogP contribution in [0.4, 0.5) is 0 Å². The normalized spacial score (nSPS) is 14.2. The Labute approximate surface area is 217 Å². The van der Waals surface area contributed by atoms with Gasteiger partial charge in [0.05, 0.1) is 11.6 Å². The number of pyridine rings is 1. The minimum Gasteiger partial charge on any atom is -0.488 e. The minimum absolute atomic E-state index is 0.391.